The Morgan fingerprint density at radius 3 is 2.40 bits per heavy atom. The molecule has 2 aliphatic rings. The number of amides is 3. The number of ether oxygens (including phenoxy) is 1. The smallest absolute Gasteiger partial charge is 0.408 e. The van der Waals surface area contributed by atoms with E-state index < -0.39 is 63.2 Å². The summed E-state index contributed by atoms with van der Waals surface area (Å²) in [4.78, 5) is 51.8. The van der Waals surface area contributed by atoms with Gasteiger partial charge in [0, 0.05) is 18.4 Å². The van der Waals surface area contributed by atoms with E-state index in [0.717, 1.165) is 25.5 Å². The lowest BCUT2D eigenvalue weighted by Gasteiger charge is -2.29. The van der Waals surface area contributed by atoms with Crippen LogP contribution in [0.1, 0.15) is 73.1 Å². The second kappa shape index (κ2) is 13.7. The molecule has 228 valence electrons. The van der Waals surface area contributed by atoms with Gasteiger partial charge in [-0.3, -0.25) is 24.2 Å². The van der Waals surface area contributed by atoms with Gasteiger partial charge in [-0.2, -0.15) is 0 Å². The minimum Gasteiger partial charge on any atom is -0.444 e. The first-order valence-electron chi connectivity index (χ1n) is 13.6. The van der Waals surface area contributed by atoms with Crippen LogP contribution in [-0.2, 0) is 29.1 Å². The summed E-state index contributed by atoms with van der Waals surface area (Å²) in [6, 6.07) is -1.65. The number of nitrogens with zero attached hydrogens (tertiary/aromatic N) is 1. The number of alkyl carbamates (subject to hydrolysis) is 1. The Labute approximate surface area is 239 Å². The summed E-state index contributed by atoms with van der Waals surface area (Å²) in [6.45, 7) is 8.31. The first kappa shape index (κ1) is 34.1. The van der Waals surface area contributed by atoms with Crippen LogP contribution >= 0.6 is 9.39 Å². The van der Waals surface area contributed by atoms with Gasteiger partial charge in [0.05, 0.1) is 18.4 Å². The van der Waals surface area contributed by atoms with Crippen molar-refractivity contribution in [3.8, 4) is 0 Å². The standard InChI is InChI=1S/C26H45N4O8PS/c1-16-20(32)15-30(21(16)17(2)31)22(33)19(27-24(35)38-25(3,4)5)13-11-9-7-8-10-12-18-14-26(18,29-39)23(34)28-40(6,36)37/h10,12,16,18-21,29,32H,7-9,11,13-15,39H2,1-6H3,(H,27,35)(H,28,34)/b12-10+/t16?,18-,19+,20+,21+,26-/m1/s1. The van der Waals surface area contributed by atoms with Crippen molar-refractivity contribution < 1.29 is 37.4 Å². The van der Waals surface area contributed by atoms with Gasteiger partial charge in [-0.1, -0.05) is 41.3 Å². The van der Waals surface area contributed by atoms with Crippen LogP contribution in [0.3, 0.4) is 0 Å². The fraction of sp³-hybridized carbons (Fsp3) is 0.769. The first-order chi connectivity index (χ1) is 18.4. The minimum absolute atomic E-state index is 0.0253. The maximum atomic E-state index is 13.4. The number of ketones is 1. The number of carbonyl (C=O) groups excluding carboxylic acids is 4. The molecule has 12 nitrogen and oxygen atoms in total. The molecule has 1 saturated heterocycles. The Kier molecular flexibility index (Phi) is 11.7. The van der Waals surface area contributed by atoms with E-state index in [4.69, 9.17) is 4.74 Å². The van der Waals surface area contributed by atoms with Gasteiger partial charge < -0.3 is 20.1 Å². The van der Waals surface area contributed by atoms with Crippen molar-refractivity contribution in [3.63, 3.8) is 0 Å². The van der Waals surface area contributed by atoms with Crippen LogP contribution < -0.4 is 15.1 Å². The van der Waals surface area contributed by atoms with E-state index in [-0.39, 0.29) is 18.2 Å². The van der Waals surface area contributed by atoms with E-state index in [0.29, 0.717) is 19.3 Å². The van der Waals surface area contributed by atoms with E-state index in [1.54, 1.807) is 27.7 Å². The van der Waals surface area contributed by atoms with Crippen LogP contribution in [0.25, 0.3) is 0 Å². The van der Waals surface area contributed by atoms with Crippen LogP contribution in [0.4, 0.5) is 4.79 Å². The monoisotopic (exact) mass is 604 g/mol. The third-order valence-corrected chi connectivity index (χ3v) is 8.27. The number of aliphatic hydroxyl groups is 1. The zero-order valence-corrected chi connectivity index (χ0v) is 26.2. The van der Waals surface area contributed by atoms with E-state index in [2.05, 4.69) is 19.8 Å². The van der Waals surface area contributed by atoms with Crippen molar-refractivity contribution in [2.75, 3.05) is 12.8 Å². The molecule has 2 unspecified atom stereocenters. The summed E-state index contributed by atoms with van der Waals surface area (Å²) in [7, 11) is -1.37. The summed E-state index contributed by atoms with van der Waals surface area (Å²) in [5.41, 5.74) is -1.70. The second-order valence-corrected chi connectivity index (χ2v) is 13.9. The zero-order valence-electron chi connectivity index (χ0n) is 24.2. The Bertz CT molecular complexity index is 1090. The number of unbranched alkanes of at least 4 members (excludes halogenated alkanes) is 3. The zero-order chi connectivity index (χ0) is 30.5. The molecule has 1 heterocycles. The minimum atomic E-state index is -3.65. The molecule has 0 aromatic rings. The molecule has 0 spiro atoms. The fourth-order valence-electron chi connectivity index (χ4n) is 5.02. The highest BCUT2D eigenvalue weighted by Gasteiger charge is 2.58. The lowest BCUT2D eigenvalue weighted by Crippen LogP contribution is -2.52. The molecule has 0 radical (unpaired) electrons. The molecule has 0 aromatic heterocycles. The SMILES string of the molecule is CC(=O)[C@@H]1C(C)[C@@H](O)CN1C(=O)[C@H](CCCCC/C=C/[C@@H]1C[C@]1(NP)C(=O)NS(C)(=O)=O)NC(=O)OC(C)(C)C. The maximum Gasteiger partial charge on any atom is 0.408 e. The maximum absolute atomic E-state index is 13.4. The Morgan fingerprint density at radius 1 is 1.20 bits per heavy atom. The molecule has 1 aliphatic heterocycles. The number of nitrogens with one attached hydrogen (secondary N) is 3. The predicted molar refractivity (Wildman–Crippen MR) is 153 cm³/mol. The van der Waals surface area contributed by atoms with E-state index in [9.17, 15) is 32.7 Å². The Balaban J connectivity index is 1.92. The molecule has 2 fully saturated rings. The lowest BCUT2D eigenvalue weighted by atomic mass is 9.97. The molecule has 3 amide bonds. The van der Waals surface area contributed by atoms with Gasteiger partial charge in [0.15, 0.2) is 5.78 Å². The summed E-state index contributed by atoms with van der Waals surface area (Å²) >= 11 is 0. The number of rotatable bonds is 13. The molecule has 1 aliphatic carbocycles. The molecule has 7 atom stereocenters. The van der Waals surface area contributed by atoms with Crippen LogP contribution in [0.2, 0.25) is 0 Å². The number of hydrogen-bond donors (Lipinski definition) is 4. The number of carbonyl (C=O) groups is 4. The highest BCUT2D eigenvalue weighted by Crippen LogP contribution is 2.45. The number of allylic oxidation sites excluding steroid dienone is 1. The first-order valence-corrected chi connectivity index (χ1v) is 16.0. The van der Waals surface area contributed by atoms with Gasteiger partial charge in [-0.05, 0) is 53.4 Å². The second-order valence-electron chi connectivity index (χ2n) is 11.9. The largest absolute Gasteiger partial charge is 0.444 e. The lowest BCUT2D eigenvalue weighted by molar-refractivity contribution is -0.139. The third-order valence-electron chi connectivity index (χ3n) is 7.20. The van der Waals surface area contributed by atoms with Crippen molar-refractivity contribution in [2.45, 2.75) is 102 Å². The van der Waals surface area contributed by atoms with Crippen LogP contribution in [0.15, 0.2) is 12.2 Å². The average Bonchev–Trinajstić information content (AvgIpc) is 3.45. The van der Waals surface area contributed by atoms with Crippen molar-refractivity contribution in [3.05, 3.63) is 12.2 Å². The van der Waals surface area contributed by atoms with Gasteiger partial charge in [0.2, 0.25) is 15.9 Å². The highest BCUT2D eigenvalue weighted by atomic mass is 32.2. The number of hydrogen-bond acceptors (Lipinski definition) is 9. The number of likely N-dealkylation sites (tertiary alicyclic amines) is 1. The van der Waals surface area contributed by atoms with Crippen LogP contribution in [-0.4, -0.2) is 84.2 Å². The Hall–Kier alpha value is -2.08. The molecule has 2 rings (SSSR count). The van der Waals surface area contributed by atoms with Crippen molar-refractivity contribution >= 4 is 43.1 Å². The summed E-state index contributed by atoms with van der Waals surface area (Å²) in [6.07, 6.45) is 6.95. The van der Waals surface area contributed by atoms with Crippen molar-refractivity contribution in [2.24, 2.45) is 11.8 Å². The summed E-state index contributed by atoms with van der Waals surface area (Å²) in [5.74, 6) is -1.75. The molecule has 0 bridgehead atoms. The molecular formula is C26H45N4O8PS. The molecule has 4 N–H and O–H groups in total. The predicted octanol–water partition coefficient (Wildman–Crippen LogP) is 1.40. The average molecular weight is 605 g/mol. The normalized spacial score (nSPS) is 27.4. The van der Waals surface area contributed by atoms with Crippen LogP contribution in [0.5, 0.6) is 0 Å². The van der Waals surface area contributed by atoms with Gasteiger partial charge in [-0.15, -0.1) is 0 Å². The molecule has 14 heteroatoms. The number of Topliss-reactive ketones (excluding diaryl/α,β-unsaturated/α-hetero) is 1. The summed E-state index contributed by atoms with van der Waals surface area (Å²) < 4.78 is 30.2. The van der Waals surface area contributed by atoms with Gasteiger partial charge in [0.1, 0.15) is 17.2 Å². The van der Waals surface area contributed by atoms with Gasteiger partial charge in [0.25, 0.3) is 5.91 Å². The van der Waals surface area contributed by atoms with E-state index in [1.807, 2.05) is 16.9 Å². The summed E-state index contributed by atoms with van der Waals surface area (Å²) in [5, 5.41) is 15.8. The number of aliphatic hydroxyl groups excluding tert-OH is 1. The van der Waals surface area contributed by atoms with Crippen LogP contribution in [0, 0.1) is 11.8 Å². The molecule has 0 aromatic carbocycles. The van der Waals surface area contributed by atoms with Gasteiger partial charge >= 0.3 is 6.09 Å². The topological polar surface area (TPSA) is 171 Å². The van der Waals surface area contributed by atoms with Crippen molar-refractivity contribution in [1.82, 2.24) is 20.0 Å². The number of sulfonamides is 1. The van der Waals surface area contributed by atoms with Crippen molar-refractivity contribution in [1.29, 1.82) is 0 Å². The quantitative estimate of drug-likeness (QED) is 0.138. The molecule has 40 heavy (non-hydrogen) atoms. The fourth-order valence-corrected chi connectivity index (χ4v) is 6.00. The molecule has 1 saturated carbocycles. The highest BCUT2D eigenvalue weighted by molar-refractivity contribution is 7.89. The molecular weight excluding hydrogens is 559 g/mol. The number of β-amino-alcohol motifs (C(OH)–C–C–N with tert-alkyl or cyclic N) is 1. The Morgan fingerprint density at radius 2 is 1.85 bits per heavy atom. The van der Waals surface area contributed by atoms with E-state index >= 15 is 0 Å². The van der Waals surface area contributed by atoms with E-state index in [1.165, 1.54) is 11.8 Å². The third kappa shape index (κ3) is 9.49. The van der Waals surface area contributed by atoms with Gasteiger partial charge in [-0.25, -0.2) is 13.2 Å².